The molecule has 9 heteroatoms. The van der Waals surface area contributed by atoms with Crippen LogP contribution in [0.2, 0.25) is 0 Å². The molecule has 0 fully saturated rings. The van der Waals surface area contributed by atoms with Gasteiger partial charge in [0.25, 0.3) is 0 Å². The van der Waals surface area contributed by atoms with Crippen LogP contribution in [0.25, 0.3) is 21.7 Å². The van der Waals surface area contributed by atoms with Crippen LogP contribution in [-0.4, -0.2) is 45.5 Å². The molecule has 0 aliphatic carbocycles. The minimum atomic E-state index is 0.0425. The Labute approximate surface area is 165 Å². The first-order valence-corrected chi connectivity index (χ1v) is 9.92. The molecule has 7 nitrogen and oxygen atoms in total. The number of fused-ring (bicyclic) bond motifs is 2. The van der Waals surface area contributed by atoms with Gasteiger partial charge < -0.3 is 14.5 Å². The molecule has 0 unspecified atom stereocenters. The average Bonchev–Trinajstić information content (AvgIpc) is 3.39. The smallest absolute Gasteiger partial charge is 0.194 e. The number of nitrogens with one attached hydrogen (secondary N) is 1. The number of hydrogen-bond donors (Lipinski definition) is 1. The third-order valence-corrected chi connectivity index (χ3v) is 6.24. The second-order valence-corrected chi connectivity index (χ2v) is 7.77. The van der Waals surface area contributed by atoms with Crippen LogP contribution in [-0.2, 0) is 6.54 Å². The van der Waals surface area contributed by atoms with Crippen LogP contribution in [0.4, 0.5) is 0 Å². The summed E-state index contributed by atoms with van der Waals surface area (Å²) in [5.74, 6) is 2.46. The zero-order valence-electron chi connectivity index (χ0n) is 14.9. The lowest BCUT2D eigenvalue weighted by molar-refractivity contribution is 0.271. The van der Waals surface area contributed by atoms with Gasteiger partial charge in [0.2, 0.25) is 0 Å². The van der Waals surface area contributed by atoms with E-state index in [2.05, 4.69) is 65.2 Å². The molecule has 0 radical (unpaired) electrons. The Morgan fingerprint density at radius 2 is 2.15 bits per heavy atom. The lowest BCUT2D eigenvalue weighted by Crippen LogP contribution is -2.40. The van der Waals surface area contributed by atoms with E-state index in [0.29, 0.717) is 0 Å². The van der Waals surface area contributed by atoms with Crippen LogP contribution in [0.1, 0.15) is 30.2 Å². The van der Waals surface area contributed by atoms with Crippen LogP contribution in [0.15, 0.2) is 30.5 Å². The number of benzene rings is 1. The normalized spacial score (nSPS) is 16.7. The molecule has 3 aromatic heterocycles. The van der Waals surface area contributed by atoms with E-state index in [4.69, 9.17) is 12.2 Å². The maximum atomic E-state index is 5.82. The van der Waals surface area contributed by atoms with Crippen molar-refractivity contribution in [3.05, 3.63) is 47.7 Å². The number of rotatable bonds is 2. The molecular weight excluding hydrogens is 378 g/mol. The summed E-state index contributed by atoms with van der Waals surface area (Å²) in [4.78, 5) is 10.8. The summed E-state index contributed by atoms with van der Waals surface area (Å²) in [5, 5.41) is 10.8. The highest BCUT2D eigenvalue weighted by Gasteiger charge is 2.31. The maximum absolute atomic E-state index is 5.82. The third kappa shape index (κ3) is 2.65. The number of H-pyrrole nitrogens is 1. The van der Waals surface area contributed by atoms with Gasteiger partial charge in [-0.1, -0.05) is 24.4 Å². The summed E-state index contributed by atoms with van der Waals surface area (Å²) < 4.78 is 6.40. The lowest BCUT2D eigenvalue weighted by Gasteiger charge is -2.35. The minimum absolute atomic E-state index is 0.0425. The number of aromatic amines is 1. The van der Waals surface area contributed by atoms with E-state index in [9.17, 15) is 0 Å². The van der Waals surface area contributed by atoms with Crippen LogP contribution in [0.5, 0.6) is 0 Å². The molecule has 4 heterocycles. The molecular formula is C18H17N7S2. The molecule has 0 spiro atoms. The number of nitrogens with zero attached hydrogens (tertiary/aromatic N) is 6. The van der Waals surface area contributed by atoms with Crippen molar-refractivity contribution in [2.75, 3.05) is 6.54 Å². The van der Waals surface area contributed by atoms with Crippen molar-refractivity contribution in [3.63, 3.8) is 0 Å². The van der Waals surface area contributed by atoms with Gasteiger partial charge in [0.05, 0.1) is 6.04 Å². The van der Waals surface area contributed by atoms with E-state index >= 15 is 0 Å². The van der Waals surface area contributed by atoms with Crippen molar-refractivity contribution in [3.8, 4) is 10.8 Å². The van der Waals surface area contributed by atoms with Crippen molar-refractivity contribution in [1.29, 1.82) is 0 Å². The molecule has 1 aliphatic rings. The standard InChI is InChI=1S/C18H17N7S2/c1-10-15-21-22-16(17-20-11(2)23-27-17)25(15)8-7-24(10)18(26)13-4-3-12-5-6-19-14(12)9-13/h3-6,9-10,19H,7-8H2,1-2H3/t10-/m1/s1. The summed E-state index contributed by atoms with van der Waals surface area (Å²) in [6.07, 6.45) is 1.94. The summed E-state index contributed by atoms with van der Waals surface area (Å²) in [6.45, 7) is 5.58. The fraction of sp³-hybridized carbons (Fsp3) is 0.278. The monoisotopic (exact) mass is 395 g/mol. The summed E-state index contributed by atoms with van der Waals surface area (Å²) >= 11 is 7.18. The highest BCUT2D eigenvalue weighted by Crippen LogP contribution is 2.30. The highest BCUT2D eigenvalue weighted by atomic mass is 32.1. The van der Waals surface area contributed by atoms with Gasteiger partial charge in [-0.3, -0.25) is 0 Å². The van der Waals surface area contributed by atoms with Gasteiger partial charge >= 0.3 is 0 Å². The molecule has 1 atom stereocenters. The lowest BCUT2D eigenvalue weighted by atomic mass is 10.1. The topological polar surface area (TPSA) is 75.5 Å². The Balaban J connectivity index is 1.46. The molecule has 4 aromatic rings. The van der Waals surface area contributed by atoms with Crippen LogP contribution in [0, 0.1) is 6.92 Å². The molecule has 0 amide bonds. The zero-order valence-corrected chi connectivity index (χ0v) is 16.5. The Morgan fingerprint density at radius 1 is 1.26 bits per heavy atom. The van der Waals surface area contributed by atoms with Crippen LogP contribution < -0.4 is 0 Å². The summed E-state index contributed by atoms with van der Waals surface area (Å²) in [7, 11) is 0. The third-order valence-electron chi connectivity index (χ3n) is 4.97. The number of hydrogen-bond acceptors (Lipinski definition) is 6. The number of aryl methyl sites for hydroxylation is 1. The SMILES string of the molecule is Cc1nsc(-c2nnc3n2CCN(C(=S)c2ccc4cc[nH]c4c2)[C@@H]3C)n1. The molecule has 136 valence electrons. The molecule has 1 N–H and O–H groups in total. The molecule has 0 saturated heterocycles. The summed E-state index contributed by atoms with van der Waals surface area (Å²) in [5.41, 5.74) is 2.14. The van der Waals surface area contributed by atoms with Crippen LogP contribution in [0.3, 0.4) is 0 Å². The van der Waals surface area contributed by atoms with Crippen molar-refractivity contribution in [2.45, 2.75) is 26.4 Å². The van der Waals surface area contributed by atoms with Gasteiger partial charge in [-0.15, -0.1) is 10.2 Å². The van der Waals surface area contributed by atoms with Gasteiger partial charge in [-0.25, -0.2) is 4.98 Å². The molecule has 5 rings (SSSR count). The average molecular weight is 396 g/mol. The first kappa shape index (κ1) is 16.5. The van der Waals surface area contributed by atoms with E-state index < -0.39 is 0 Å². The van der Waals surface area contributed by atoms with Gasteiger partial charge in [0.1, 0.15) is 10.8 Å². The van der Waals surface area contributed by atoms with E-state index in [1.165, 1.54) is 16.9 Å². The Morgan fingerprint density at radius 3 is 2.96 bits per heavy atom. The number of thiocarbonyl (C=S) groups is 1. The van der Waals surface area contributed by atoms with Gasteiger partial charge in [0, 0.05) is 30.4 Å². The largest absolute Gasteiger partial charge is 0.361 e. The zero-order chi connectivity index (χ0) is 18.5. The molecule has 27 heavy (non-hydrogen) atoms. The predicted molar refractivity (Wildman–Crippen MR) is 109 cm³/mol. The quantitative estimate of drug-likeness (QED) is 0.525. The van der Waals surface area contributed by atoms with Crippen molar-refractivity contribution in [2.24, 2.45) is 0 Å². The first-order chi connectivity index (χ1) is 13.1. The van der Waals surface area contributed by atoms with Crippen molar-refractivity contribution in [1.82, 2.24) is 34.0 Å². The van der Waals surface area contributed by atoms with Gasteiger partial charge in [0.15, 0.2) is 16.7 Å². The molecule has 1 aliphatic heterocycles. The maximum Gasteiger partial charge on any atom is 0.194 e. The molecule has 0 saturated carbocycles. The minimum Gasteiger partial charge on any atom is -0.361 e. The Bertz CT molecular complexity index is 1160. The fourth-order valence-electron chi connectivity index (χ4n) is 3.56. The van der Waals surface area contributed by atoms with E-state index in [0.717, 1.165) is 51.6 Å². The van der Waals surface area contributed by atoms with Crippen molar-refractivity contribution < 1.29 is 0 Å². The first-order valence-electron chi connectivity index (χ1n) is 8.74. The number of aromatic nitrogens is 6. The van der Waals surface area contributed by atoms with E-state index in [1.54, 1.807) is 0 Å². The van der Waals surface area contributed by atoms with Crippen molar-refractivity contribution >= 4 is 39.6 Å². The summed E-state index contributed by atoms with van der Waals surface area (Å²) in [6, 6.07) is 8.39. The van der Waals surface area contributed by atoms with Gasteiger partial charge in [-0.05, 0) is 42.9 Å². The molecule has 0 bridgehead atoms. The van der Waals surface area contributed by atoms with Crippen LogP contribution >= 0.6 is 23.8 Å². The van der Waals surface area contributed by atoms with Gasteiger partial charge in [-0.2, -0.15) is 4.37 Å². The fourth-order valence-corrected chi connectivity index (χ4v) is 4.60. The predicted octanol–water partition coefficient (Wildman–Crippen LogP) is 3.34. The second-order valence-electron chi connectivity index (χ2n) is 6.63. The second kappa shape index (κ2) is 6.21. The highest BCUT2D eigenvalue weighted by molar-refractivity contribution is 7.80. The van der Waals surface area contributed by atoms with E-state index in [-0.39, 0.29) is 6.04 Å². The Kier molecular flexibility index (Phi) is 3.80. The molecule has 1 aromatic carbocycles. The van der Waals surface area contributed by atoms with E-state index in [1.807, 2.05) is 13.1 Å². The Hall–Kier alpha value is -2.65.